The SMILES string of the molecule is CCOC(c1ccc(Cl)c(NCc2ccccc2)c1)C1(C(=O)O)CC1. The fourth-order valence-electron chi connectivity index (χ4n) is 3.10. The van der Waals surface area contributed by atoms with E-state index in [1.807, 2.05) is 49.4 Å². The summed E-state index contributed by atoms with van der Waals surface area (Å²) in [4.78, 5) is 11.7. The molecule has 1 fully saturated rings. The van der Waals surface area contributed by atoms with Crippen LogP contribution in [0.25, 0.3) is 0 Å². The van der Waals surface area contributed by atoms with Crippen molar-refractivity contribution in [3.05, 3.63) is 64.7 Å². The molecule has 1 aliphatic rings. The number of rotatable bonds is 8. The number of ether oxygens (including phenoxy) is 1. The van der Waals surface area contributed by atoms with Gasteiger partial charge in [0.25, 0.3) is 0 Å². The number of carboxylic acids is 1. The van der Waals surface area contributed by atoms with Crippen molar-refractivity contribution in [2.24, 2.45) is 5.41 Å². The molecule has 5 heteroatoms. The largest absolute Gasteiger partial charge is 0.481 e. The van der Waals surface area contributed by atoms with Crippen LogP contribution in [0, 0.1) is 5.41 Å². The molecule has 0 heterocycles. The van der Waals surface area contributed by atoms with Crippen LogP contribution in [0.4, 0.5) is 5.69 Å². The molecule has 2 aromatic rings. The maximum atomic E-state index is 11.7. The quantitative estimate of drug-likeness (QED) is 0.704. The summed E-state index contributed by atoms with van der Waals surface area (Å²) in [6, 6.07) is 15.6. The molecule has 2 N–H and O–H groups in total. The van der Waals surface area contributed by atoms with Crippen LogP contribution < -0.4 is 5.32 Å². The van der Waals surface area contributed by atoms with Crippen molar-refractivity contribution in [3.8, 4) is 0 Å². The molecule has 0 saturated heterocycles. The summed E-state index contributed by atoms with van der Waals surface area (Å²) in [6.45, 7) is 3.00. The highest BCUT2D eigenvalue weighted by atomic mass is 35.5. The van der Waals surface area contributed by atoms with E-state index in [1.165, 1.54) is 0 Å². The first-order valence-electron chi connectivity index (χ1n) is 8.49. The van der Waals surface area contributed by atoms with E-state index in [0.717, 1.165) is 16.8 Å². The second-order valence-corrected chi connectivity index (χ2v) is 6.78. The molecule has 0 aromatic heterocycles. The highest BCUT2D eigenvalue weighted by Crippen LogP contribution is 2.57. The van der Waals surface area contributed by atoms with Crippen molar-refractivity contribution in [1.82, 2.24) is 0 Å². The van der Waals surface area contributed by atoms with Crippen molar-refractivity contribution in [2.45, 2.75) is 32.4 Å². The zero-order chi connectivity index (χ0) is 17.9. The summed E-state index contributed by atoms with van der Waals surface area (Å²) in [6.07, 6.45) is 0.828. The van der Waals surface area contributed by atoms with Crippen LogP contribution in [0.15, 0.2) is 48.5 Å². The van der Waals surface area contributed by atoms with Crippen LogP contribution in [-0.4, -0.2) is 17.7 Å². The highest BCUT2D eigenvalue weighted by molar-refractivity contribution is 6.33. The summed E-state index contributed by atoms with van der Waals surface area (Å²) in [5.74, 6) is -0.792. The molecule has 3 rings (SSSR count). The molecule has 1 atom stereocenters. The molecule has 25 heavy (non-hydrogen) atoms. The Morgan fingerprint density at radius 1 is 1.28 bits per heavy atom. The van der Waals surface area contributed by atoms with E-state index in [9.17, 15) is 9.90 Å². The monoisotopic (exact) mass is 359 g/mol. The van der Waals surface area contributed by atoms with Crippen molar-refractivity contribution in [2.75, 3.05) is 11.9 Å². The molecule has 4 nitrogen and oxygen atoms in total. The first kappa shape index (κ1) is 17.8. The van der Waals surface area contributed by atoms with Crippen LogP contribution in [0.5, 0.6) is 0 Å². The number of anilines is 1. The summed E-state index contributed by atoms with van der Waals surface area (Å²) in [5.41, 5.74) is 1.98. The van der Waals surface area contributed by atoms with E-state index >= 15 is 0 Å². The van der Waals surface area contributed by atoms with Gasteiger partial charge in [-0.25, -0.2) is 0 Å². The summed E-state index contributed by atoms with van der Waals surface area (Å²) in [5, 5.41) is 13.6. The van der Waals surface area contributed by atoms with Crippen molar-refractivity contribution >= 4 is 23.3 Å². The molecule has 1 unspecified atom stereocenters. The summed E-state index contributed by atoms with van der Waals surface area (Å²) >= 11 is 6.32. The predicted molar refractivity (Wildman–Crippen MR) is 98.9 cm³/mol. The highest BCUT2D eigenvalue weighted by Gasteiger charge is 2.57. The van der Waals surface area contributed by atoms with Crippen LogP contribution in [-0.2, 0) is 16.1 Å². The maximum absolute atomic E-state index is 11.7. The van der Waals surface area contributed by atoms with Crippen LogP contribution in [0.1, 0.15) is 37.0 Å². The number of carbonyl (C=O) groups is 1. The van der Waals surface area contributed by atoms with Crippen LogP contribution in [0.3, 0.4) is 0 Å². The minimum absolute atomic E-state index is 0.454. The Morgan fingerprint density at radius 3 is 2.60 bits per heavy atom. The molecule has 0 spiro atoms. The van der Waals surface area contributed by atoms with Gasteiger partial charge in [-0.2, -0.15) is 0 Å². The standard InChI is InChI=1S/C20H22ClNO3/c1-2-25-18(20(10-11-20)19(23)24)15-8-9-16(21)17(12-15)22-13-14-6-4-3-5-7-14/h3-9,12,18,22H,2,10-11,13H2,1H3,(H,23,24). The normalized spacial score (nSPS) is 16.2. The van der Waals surface area contributed by atoms with Gasteiger partial charge >= 0.3 is 5.97 Å². The Balaban J connectivity index is 1.83. The van der Waals surface area contributed by atoms with Gasteiger partial charge < -0.3 is 15.2 Å². The van der Waals surface area contributed by atoms with Gasteiger partial charge in [-0.05, 0) is 43.0 Å². The third kappa shape index (κ3) is 3.80. The lowest BCUT2D eigenvalue weighted by Gasteiger charge is -2.25. The van der Waals surface area contributed by atoms with E-state index < -0.39 is 17.5 Å². The fraction of sp³-hybridized carbons (Fsp3) is 0.350. The minimum Gasteiger partial charge on any atom is -0.481 e. The van der Waals surface area contributed by atoms with Gasteiger partial charge in [-0.15, -0.1) is 0 Å². The van der Waals surface area contributed by atoms with E-state index in [-0.39, 0.29) is 0 Å². The number of hydrogen-bond donors (Lipinski definition) is 2. The van der Waals surface area contributed by atoms with Gasteiger partial charge in [0.1, 0.15) is 0 Å². The topological polar surface area (TPSA) is 58.6 Å². The fourth-order valence-corrected chi connectivity index (χ4v) is 3.28. The number of carboxylic acid groups (broad SMARTS) is 1. The second kappa shape index (κ2) is 7.46. The summed E-state index contributed by atoms with van der Waals surface area (Å²) in [7, 11) is 0. The number of hydrogen-bond acceptors (Lipinski definition) is 3. The van der Waals surface area contributed by atoms with Crippen LogP contribution >= 0.6 is 11.6 Å². The number of benzene rings is 2. The van der Waals surface area contributed by atoms with Gasteiger partial charge in [0.15, 0.2) is 0 Å². The second-order valence-electron chi connectivity index (χ2n) is 6.38. The molecule has 0 amide bonds. The Kier molecular flexibility index (Phi) is 5.30. The first-order valence-corrected chi connectivity index (χ1v) is 8.87. The zero-order valence-corrected chi connectivity index (χ0v) is 14.9. The third-order valence-corrected chi connectivity index (χ3v) is 5.00. The van der Waals surface area contributed by atoms with Gasteiger partial charge in [0.2, 0.25) is 0 Å². The number of halogens is 1. The van der Waals surface area contributed by atoms with E-state index in [1.54, 1.807) is 6.07 Å². The minimum atomic E-state index is -0.805. The van der Waals surface area contributed by atoms with Gasteiger partial charge in [0, 0.05) is 13.2 Å². The first-order chi connectivity index (χ1) is 12.1. The van der Waals surface area contributed by atoms with E-state index in [2.05, 4.69) is 5.32 Å². The van der Waals surface area contributed by atoms with Crippen molar-refractivity contribution in [3.63, 3.8) is 0 Å². The van der Waals surface area contributed by atoms with Gasteiger partial charge in [-0.3, -0.25) is 4.79 Å². The zero-order valence-electron chi connectivity index (χ0n) is 14.2. The average molecular weight is 360 g/mol. The lowest BCUT2D eigenvalue weighted by Crippen LogP contribution is -2.26. The van der Waals surface area contributed by atoms with Crippen molar-refractivity contribution in [1.29, 1.82) is 0 Å². The number of aliphatic carboxylic acids is 1. The molecular formula is C20H22ClNO3. The Hall–Kier alpha value is -2.04. The third-order valence-electron chi connectivity index (χ3n) is 4.67. The summed E-state index contributed by atoms with van der Waals surface area (Å²) < 4.78 is 5.82. The Morgan fingerprint density at radius 2 is 2.00 bits per heavy atom. The maximum Gasteiger partial charge on any atom is 0.312 e. The van der Waals surface area contributed by atoms with Gasteiger partial charge in [0.05, 0.1) is 22.2 Å². The number of nitrogens with one attached hydrogen (secondary N) is 1. The smallest absolute Gasteiger partial charge is 0.312 e. The molecule has 0 bridgehead atoms. The Bertz CT molecular complexity index is 744. The molecule has 0 aliphatic heterocycles. The Labute approximate surface area is 152 Å². The van der Waals surface area contributed by atoms with Gasteiger partial charge in [-0.1, -0.05) is 48.0 Å². The van der Waals surface area contributed by atoms with E-state index in [4.69, 9.17) is 16.3 Å². The molecule has 0 radical (unpaired) electrons. The van der Waals surface area contributed by atoms with Crippen molar-refractivity contribution < 1.29 is 14.6 Å². The molecule has 132 valence electrons. The van der Waals surface area contributed by atoms with E-state index in [0.29, 0.717) is 31.0 Å². The lowest BCUT2D eigenvalue weighted by molar-refractivity contribution is -0.150. The molecule has 2 aromatic carbocycles. The molecule has 1 aliphatic carbocycles. The molecular weight excluding hydrogens is 338 g/mol. The molecule has 1 saturated carbocycles. The van der Waals surface area contributed by atoms with Crippen LogP contribution in [0.2, 0.25) is 5.02 Å². The lowest BCUT2D eigenvalue weighted by atomic mass is 9.92. The average Bonchev–Trinajstić information content (AvgIpc) is 3.42. The predicted octanol–water partition coefficient (Wildman–Crippen LogP) is 4.89.